The van der Waals surface area contributed by atoms with Gasteiger partial charge >= 0.3 is 6.03 Å². The van der Waals surface area contributed by atoms with Gasteiger partial charge in [0, 0.05) is 50.9 Å². The van der Waals surface area contributed by atoms with Crippen LogP contribution in [0.5, 0.6) is 0 Å². The number of likely N-dealkylation sites (N-methyl/N-ethyl adjacent to an activating group) is 1. The predicted octanol–water partition coefficient (Wildman–Crippen LogP) is 6.50. The Morgan fingerprint density at radius 1 is 0.844 bits per heavy atom. The van der Waals surface area contributed by atoms with Crippen LogP contribution >= 0.6 is 0 Å². The van der Waals surface area contributed by atoms with Crippen molar-refractivity contribution in [2.24, 2.45) is 5.92 Å². The lowest BCUT2D eigenvalue weighted by Crippen LogP contribution is -2.41. The number of hydrogen-bond acceptors (Lipinski definition) is 4. The fourth-order valence-electron chi connectivity index (χ4n) is 6.29. The largest absolute Gasteiger partial charge is 0.394 e. The normalized spacial score (nSPS) is 16.8. The Kier molecular flexibility index (Phi) is 11.4. The standard InChI is InChI=1S/C38H44N4O3/c1-41(25-23-33-16-10-11-24-39-33)38(45)42(26-29-12-4-2-5-13-29)27-30-19-21-31(22-20-30)34-17-8-9-18-35(34)37(44)40-36(28-43)32-14-6-3-7-15-32/h2-7,10-16,19-22,24,34-36,43H,8-9,17-18,23,25-28H2,1H3,(H,40,44). The van der Waals surface area contributed by atoms with Gasteiger partial charge in [-0.3, -0.25) is 9.78 Å². The topological polar surface area (TPSA) is 85.8 Å². The number of urea groups is 1. The third kappa shape index (κ3) is 8.79. The van der Waals surface area contributed by atoms with Crippen molar-refractivity contribution < 1.29 is 14.7 Å². The van der Waals surface area contributed by atoms with Crippen molar-refractivity contribution in [3.05, 3.63) is 137 Å². The summed E-state index contributed by atoms with van der Waals surface area (Å²) in [4.78, 5) is 35.3. The lowest BCUT2D eigenvalue weighted by atomic mass is 9.74. The van der Waals surface area contributed by atoms with Crippen LogP contribution in [0, 0.1) is 5.92 Å². The molecule has 1 aromatic heterocycles. The maximum Gasteiger partial charge on any atom is 0.320 e. The molecule has 0 aliphatic heterocycles. The van der Waals surface area contributed by atoms with Crippen molar-refractivity contribution in [3.8, 4) is 0 Å². The quantitative estimate of drug-likeness (QED) is 0.193. The van der Waals surface area contributed by atoms with E-state index in [-0.39, 0.29) is 30.4 Å². The minimum absolute atomic E-state index is 0.0000485. The van der Waals surface area contributed by atoms with Gasteiger partial charge in [0.05, 0.1) is 12.6 Å². The molecule has 0 bridgehead atoms. The molecule has 0 radical (unpaired) electrons. The monoisotopic (exact) mass is 604 g/mol. The van der Waals surface area contributed by atoms with E-state index in [1.54, 1.807) is 11.1 Å². The molecular formula is C38H44N4O3. The van der Waals surface area contributed by atoms with Crippen LogP contribution in [0.3, 0.4) is 0 Å². The maximum absolute atomic E-state index is 13.7. The van der Waals surface area contributed by atoms with Gasteiger partial charge in [-0.15, -0.1) is 0 Å². The first-order chi connectivity index (χ1) is 22.0. The second-order valence-electron chi connectivity index (χ2n) is 12.0. The summed E-state index contributed by atoms with van der Waals surface area (Å²) in [6.07, 6.45) is 6.36. The first-order valence-corrected chi connectivity index (χ1v) is 16.0. The van der Waals surface area contributed by atoms with Crippen LogP contribution in [-0.4, -0.2) is 52.0 Å². The zero-order valence-corrected chi connectivity index (χ0v) is 26.1. The average molecular weight is 605 g/mol. The van der Waals surface area contributed by atoms with Gasteiger partial charge in [0.2, 0.25) is 5.91 Å². The lowest BCUT2D eigenvalue weighted by Gasteiger charge is -2.32. The fourth-order valence-corrected chi connectivity index (χ4v) is 6.29. The Morgan fingerprint density at radius 2 is 1.49 bits per heavy atom. The van der Waals surface area contributed by atoms with Crippen molar-refractivity contribution in [2.45, 2.75) is 57.2 Å². The van der Waals surface area contributed by atoms with Crippen molar-refractivity contribution in [2.75, 3.05) is 20.2 Å². The van der Waals surface area contributed by atoms with Gasteiger partial charge in [-0.25, -0.2) is 4.79 Å². The molecule has 7 heteroatoms. The molecule has 1 fully saturated rings. The van der Waals surface area contributed by atoms with Crippen LogP contribution < -0.4 is 5.32 Å². The van der Waals surface area contributed by atoms with E-state index in [1.165, 1.54) is 0 Å². The molecule has 45 heavy (non-hydrogen) atoms. The Morgan fingerprint density at radius 3 is 2.16 bits per heavy atom. The van der Waals surface area contributed by atoms with Crippen molar-refractivity contribution in [1.29, 1.82) is 0 Å². The summed E-state index contributed by atoms with van der Waals surface area (Å²) in [7, 11) is 1.85. The molecule has 5 rings (SSSR count). The number of amides is 3. The summed E-state index contributed by atoms with van der Waals surface area (Å²) in [6, 6.07) is 33.6. The third-order valence-corrected chi connectivity index (χ3v) is 8.83. The number of aromatic nitrogens is 1. The molecule has 3 amide bonds. The van der Waals surface area contributed by atoms with E-state index in [0.717, 1.165) is 53.6 Å². The zero-order chi connectivity index (χ0) is 31.4. The number of benzene rings is 3. The number of hydrogen-bond donors (Lipinski definition) is 2. The number of nitrogens with zero attached hydrogens (tertiary/aromatic N) is 3. The SMILES string of the molecule is CN(CCc1ccccn1)C(=O)N(Cc1ccccc1)Cc1ccc(C2CCCCC2C(=O)NC(CO)c2ccccc2)cc1. The third-order valence-electron chi connectivity index (χ3n) is 8.83. The number of carbonyl (C=O) groups excluding carboxylic acids is 2. The molecule has 1 saturated carbocycles. The first-order valence-electron chi connectivity index (χ1n) is 16.0. The van der Waals surface area contributed by atoms with Crippen molar-refractivity contribution in [1.82, 2.24) is 20.1 Å². The molecule has 1 aliphatic carbocycles. The number of rotatable bonds is 12. The highest BCUT2D eigenvalue weighted by molar-refractivity contribution is 5.80. The number of aliphatic hydroxyl groups excluding tert-OH is 1. The second kappa shape index (κ2) is 16.0. The highest BCUT2D eigenvalue weighted by Crippen LogP contribution is 2.38. The smallest absolute Gasteiger partial charge is 0.320 e. The summed E-state index contributed by atoms with van der Waals surface area (Å²) in [5, 5.41) is 13.1. The second-order valence-corrected chi connectivity index (χ2v) is 12.0. The summed E-state index contributed by atoms with van der Waals surface area (Å²) in [5.41, 5.74) is 5.13. The van der Waals surface area contributed by atoms with Crippen molar-refractivity contribution in [3.63, 3.8) is 0 Å². The van der Waals surface area contributed by atoms with Crippen LogP contribution in [0.25, 0.3) is 0 Å². The van der Waals surface area contributed by atoms with E-state index in [2.05, 4.69) is 34.6 Å². The number of pyridine rings is 1. The van der Waals surface area contributed by atoms with E-state index in [0.29, 0.717) is 26.1 Å². The molecule has 234 valence electrons. The Hall–Kier alpha value is -4.49. The molecule has 3 unspecified atom stereocenters. The van der Waals surface area contributed by atoms with Crippen LogP contribution in [0.15, 0.2) is 109 Å². The number of aliphatic hydroxyl groups is 1. The van der Waals surface area contributed by atoms with Gasteiger partial charge < -0.3 is 20.2 Å². The van der Waals surface area contributed by atoms with Crippen LogP contribution in [0.2, 0.25) is 0 Å². The highest BCUT2D eigenvalue weighted by atomic mass is 16.3. The zero-order valence-electron chi connectivity index (χ0n) is 26.1. The molecule has 0 saturated heterocycles. The molecule has 4 aromatic rings. The Balaban J connectivity index is 1.27. The summed E-state index contributed by atoms with van der Waals surface area (Å²) >= 11 is 0. The number of carbonyl (C=O) groups is 2. The lowest BCUT2D eigenvalue weighted by molar-refractivity contribution is -0.127. The summed E-state index contributed by atoms with van der Waals surface area (Å²) in [5.74, 6) is -0.0333. The van der Waals surface area contributed by atoms with Gasteiger partial charge in [0.25, 0.3) is 0 Å². The molecule has 3 atom stereocenters. The van der Waals surface area contributed by atoms with E-state index in [1.807, 2.05) is 90.8 Å². The van der Waals surface area contributed by atoms with E-state index < -0.39 is 6.04 Å². The molecule has 2 N–H and O–H groups in total. The van der Waals surface area contributed by atoms with Crippen LogP contribution in [0.1, 0.15) is 65.6 Å². The molecule has 0 spiro atoms. The van der Waals surface area contributed by atoms with E-state index >= 15 is 0 Å². The molecular weight excluding hydrogens is 560 g/mol. The summed E-state index contributed by atoms with van der Waals surface area (Å²) in [6.45, 7) is 1.42. The minimum atomic E-state index is -0.418. The van der Waals surface area contributed by atoms with Gasteiger partial charge in [0.1, 0.15) is 0 Å². The van der Waals surface area contributed by atoms with E-state index in [9.17, 15) is 14.7 Å². The Bertz CT molecular complexity index is 1480. The van der Waals surface area contributed by atoms with Gasteiger partial charge in [0.15, 0.2) is 0 Å². The molecule has 3 aromatic carbocycles. The predicted molar refractivity (Wildman–Crippen MR) is 177 cm³/mol. The average Bonchev–Trinajstić information content (AvgIpc) is 3.10. The molecule has 1 heterocycles. The first kappa shape index (κ1) is 31.9. The fraction of sp³-hybridized carbons (Fsp3) is 0.342. The van der Waals surface area contributed by atoms with Gasteiger partial charge in [-0.05, 0) is 53.1 Å². The maximum atomic E-state index is 13.7. The minimum Gasteiger partial charge on any atom is -0.394 e. The Labute approximate surface area is 266 Å². The summed E-state index contributed by atoms with van der Waals surface area (Å²) < 4.78 is 0. The molecule has 1 aliphatic rings. The number of nitrogens with one attached hydrogen (secondary N) is 1. The van der Waals surface area contributed by atoms with Crippen LogP contribution in [-0.2, 0) is 24.3 Å². The van der Waals surface area contributed by atoms with E-state index in [4.69, 9.17) is 0 Å². The van der Waals surface area contributed by atoms with Gasteiger partial charge in [-0.1, -0.05) is 104 Å². The van der Waals surface area contributed by atoms with Crippen LogP contribution in [0.4, 0.5) is 4.79 Å². The highest BCUT2D eigenvalue weighted by Gasteiger charge is 2.33. The van der Waals surface area contributed by atoms with Crippen molar-refractivity contribution >= 4 is 11.9 Å². The van der Waals surface area contributed by atoms with Gasteiger partial charge in [-0.2, -0.15) is 0 Å². The molecule has 7 nitrogen and oxygen atoms in total.